The summed E-state index contributed by atoms with van der Waals surface area (Å²) in [6.45, 7) is 4.50. The van der Waals surface area contributed by atoms with Gasteiger partial charge in [0.25, 0.3) is 0 Å². The minimum Gasteiger partial charge on any atom is -0.387 e. The Labute approximate surface area is 78.3 Å². The Kier molecular flexibility index (Phi) is 4.38. The van der Waals surface area contributed by atoms with Crippen LogP contribution in [0, 0.1) is 0 Å². The van der Waals surface area contributed by atoms with Crippen LogP contribution in [0.15, 0.2) is 12.7 Å². The molecule has 3 N–H and O–H groups in total. The smallest absolute Gasteiger partial charge is 0.157 e. The van der Waals surface area contributed by atoms with Crippen molar-refractivity contribution < 1.29 is 14.6 Å². The second kappa shape index (κ2) is 5.34. The first-order chi connectivity index (χ1) is 6.24. The zero-order chi connectivity index (χ0) is 9.68. The predicted molar refractivity (Wildman–Crippen MR) is 49.1 cm³/mol. The van der Waals surface area contributed by atoms with Crippen molar-refractivity contribution in [3.8, 4) is 0 Å². The van der Waals surface area contributed by atoms with Gasteiger partial charge < -0.3 is 20.3 Å². The highest BCUT2D eigenvalue weighted by atomic mass is 16.7. The van der Waals surface area contributed by atoms with E-state index in [9.17, 15) is 5.11 Å². The van der Waals surface area contributed by atoms with Crippen molar-refractivity contribution in [2.75, 3.05) is 13.2 Å². The van der Waals surface area contributed by atoms with Crippen LogP contribution in [0.5, 0.6) is 0 Å². The van der Waals surface area contributed by atoms with E-state index in [1.807, 2.05) is 0 Å². The van der Waals surface area contributed by atoms with Gasteiger partial charge in [-0.05, 0) is 6.42 Å². The van der Waals surface area contributed by atoms with Crippen molar-refractivity contribution in [2.45, 2.75) is 31.3 Å². The summed E-state index contributed by atoms with van der Waals surface area (Å²) in [4.78, 5) is 0. The third-order valence-electron chi connectivity index (χ3n) is 2.04. The molecule has 0 aromatic rings. The number of aliphatic hydroxyl groups is 1. The average Bonchev–Trinajstić information content (AvgIpc) is 2.65. The minimum absolute atomic E-state index is 0.136. The Bertz CT molecular complexity index is 157. The molecule has 3 unspecified atom stereocenters. The highest BCUT2D eigenvalue weighted by Crippen LogP contribution is 2.13. The van der Waals surface area contributed by atoms with E-state index in [0.717, 1.165) is 19.4 Å². The third kappa shape index (κ3) is 3.44. The average molecular weight is 187 g/mol. The Hall–Kier alpha value is -0.420. The van der Waals surface area contributed by atoms with Crippen molar-refractivity contribution in [2.24, 2.45) is 5.73 Å². The van der Waals surface area contributed by atoms with Gasteiger partial charge in [-0.25, -0.2) is 0 Å². The van der Waals surface area contributed by atoms with Crippen LogP contribution in [-0.4, -0.2) is 36.8 Å². The first-order valence-corrected chi connectivity index (χ1v) is 4.53. The molecule has 0 saturated carbocycles. The van der Waals surface area contributed by atoms with Crippen molar-refractivity contribution in [1.82, 2.24) is 0 Å². The lowest BCUT2D eigenvalue weighted by Crippen LogP contribution is -2.38. The van der Waals surface area contributed by atoms with E-state index >= 15 is 0 Å². The van der Waals surface area contributed by atoms with Gasteiger partial charge in [-0.3, -0.25) is 0 Å². The Balaban J connectivity index is 2.13. The number of nitrogens with two attached hydrogens (primary N) is 1. The van der Waals surface area contributed by atoms with E-state index in [0.29, 0.717) is 6.61 Å². The van der Waals surface area contributed by atoms with Crippen LogP contribution in [0.4, 0.5) is 0 Å². The first kappa shape index (κ1) is 10.7. The SMILES string of the molecule is C=CC(O)C(N)COC1CCCO1. The van der Waals surface area contributed by atoms with E-state index in [2.05, 4.69) is 6.58 Å². The van der Waals surface area contributed by atoms with Gasteiger partial charge in [0.05, 0.1) is 18.8 Å². The molecule has 0 amide bonds. The molecule has 1 rings (SSSR count). The molecular formula is C9H17NO3. The normalized spacial score (nSPS) is 27.1. The monoisotopic (exact) mass is 187 g/mol. The third-order valence-corrected chi connectivity index (χ3v) is 2.04. The number of ether oxygens (including phenoxy) is 2. The molecule has 3 atom stereocenters. The molecule has 0 aliphatic carbocycles. The van der Waals surface area contributed by atoms with E-state index < -0.39 is 12.1 Å². The van der Waals surface area contributed by atoms with Crippen LogP contribution in [0.25, 0.3) is 0 Å². The molecule has 0 aromatic heterocycles. The van der Waals surface area contributed by atoms with Gasteiger partial charge in [0.1, 0.15) is 0 Å². The summed E-state index contributed by atoms with van der Waals surface area (Å²) in [5, 5.41) is 9.24. The molecule has 4 heteroatoms. The lowest BCUT2D eigenvalue weighted by Gasteiger charge is -2.18. The molecule has 1 saturated heterocycles. The molecule has 1 heterocycles. The topological polar surface area (TPSA) is 64.7 Å². The number of aliphatic hydroxyl groups excluding tert-OH is 1. The molecular weight excluding hydrogens is 170 g/mol. The summed E-state index contributed by atoms with van der Waals surface area (Å²) in [7, 11) is 0. The summed E-state index contributed by atoms with van der Waals surface area (Å²) < 4.78 is 10.6. The molecule has 76 valence electrons. The minimum atomic E-state index is -0.707. The molecule has 1 aliphatic rings. The van der Waals surface area contributed by atoms with Gasteiger partial charge in [-0.15, -0.1) is 6.58 Å². The molecule has 1 aliphatic heterocycles. The van der Waals surface area contributed by atoms with E-state index in [1.54, 1.807) is 0 Å². The summed E-state index contributed by atoms with van der Waals surface area (Å²) in [5.41, 5.74) is 5.60. The highest BCUT2D eigenvalue weighted by molar-refractivity contribution is 4.86. The van der Waals surface area contributed by atoms with E-state index in [1.165, 1.54) is 6.08 Å². The zero-order valence-electron chi connectivity index (χ0n) is 7.69. The maximum Gasteiger partial charge on any atom is 0.157 e. The van der Waals surface area contributed by atoms with Gasteiger partial charge in [0, 0.05) is 13.0 Å². The van der Waals surface area contributed by atoms with Gasteiger partial charge >= 0.3 is 0 Å². The molecule has 4 nitrogen and oxygen atoms in total. The lowest BCUT2D eigenvalue weighted by atomic mass is 10.2. The second-order valence-electron chi connectivity index (χ2n) is 3.17. The van der Waals surface area contributed by atoms with Crippen LogP contribution in [-0.2, 0) is 9.47 Å². The van der Waals surface area contributed by atoms with E-state index in [-0.39, 0.29) is 6.29 Å². The van der Waals surface area contributed by atoms with Crippen molar-refractivity contribution >= 4 is 0 Å². The Morgan fingerprint density at radius 1 is 1.77 bits per heavy atom. The Morgan fingerprint density at radius 3 is 3.08 bits per heavy atom. The molecule has 0 aromatic carbocycles. The fourth-order valence-electron chi connectivity index (χ4n) is 1.17. The van der Waals surface area contributed by atoms with Crippen LogP contribution in [0.2, 0.25) is 0 Å². The maximum absolute atomic E-state index is 9.24. The lowest BCUT2D eigenvalue weighted by molar-refractivity contribution is -0.118. The summed E-state index contributed by atoms with van der Waals surface area (Å²) in [6, 6.07) is -0.415. The van der Waals surface area contributed by atoms with E-state index in [4.69, 9.17) is 15.2 Å². The van der Waals surface area contributed by atoms with Gasteiger partial charge in [0.2, 0.25) is 0 Å². The van der Waals surface area contributed by atoms with Gasteiger partial charge in [0.15, 0.2) is 6.29 Å². The number of hydrogen-bond acceptors (Lipinski definition) is 4. The first-order valence-electron chi connectivity index (χ1n) is 4.53. The van der Waals surface area contributed by atoms with Crippen molar-refractivity contribution in [3.05, 3.63) is 12.7 Å². The molecule has 0 radical (unpaired) electrons. The van der Waals surface area contributed by atoms with Crippen LogP contribution >= 0.6 is 0 Å². The largest absolute Gasteiger partial charge is 0.387 e. The van der Waals surface area contributed by atoms with Crippen LogP contribution in [0.1, 0.15) is 12.8 Å². The van der Waals surface area contributed by atoms with Crippen LogP contribution < -0.4 is 5.73 Å². The highest BCUT2D eigenvalue weighted by Gasteiger charge is 2.18. The van der Waals surface area contributed by atoms with Crippen molar-refractivity contribution in [1.29, 1.82) is 0 Å². The van der Waals surface area contributed by atoms with Gasteiger partial charge in [-0.1, -0.05) is 6.08 Å². The molecule has 0 bridgehead atoms. The predicted octanol–water partition coefficient (Wildman–Crippen LogP) is 0.0137. The Morgan fingerprint density at radius 2 is 2.54 bits per heavy atom. The van der Waals surface area contributed by atoms with Gasteiger partial charge in [-0.2, -0.15) is 0 Å². The number of hydrogen-bond donors (Lipinski definition) is 2. The quantitative estimate of drug-likeness (QED) is 0.595. The summed E-state index contributed by atoms with van der Waals surface area (Å²) in [5.74, 6) is 0. The standard InChI is InChI=1S/C9H17NO3/c1-2-8(11)7(10)6-13-9-4-3-5-12-9/h2,7-9,11H,1,3-6,10H2. The fourth-order valence-corrected chi connectivity index (χ4v) is 1.17. The van der Waals surface area contributed by atoms with Crippen molar-refractivity contribution in [3.63, 3.8) is 0 Å². The van der Waals surface area contributed by atoms with Crippen LogP contribution in [0.3, 0.4) is 0 Å². The molecule has 13 heavy (non-hydrogen) atoms. The fraction of sp³-hybridized carbons (Fsp3) is 0.778. The maximum atomic E-state index is 9.24. The second-order valence-corrected chi connectivity index (χ2v) is 3.17. The summed E-state index contributed by atoms with van der Waals surface area (Å²) >= 11 is 0. The molecule has 1 fully saturated rings. The number of rotatable bonds is 5. The summed E-state index contributed by atoms with van der Waals surface area (Å²) in [6.07, 6.45) is 2.51. The zero-order valence-corrected chi connectivity index (χ0v) is 7.69. The molecule has 0 spiro atoms.